The molecule has 3 N–H and O–H groups in total. The number of nitrogen functional groups attached to an aromatic ring is 1. The zero-order chi connectivity index (χ0) is 8.97. The Hall–Kier alpha value is -1.75. The van der Waals surface area contributed by atoms with Crippen molar-refractivity contribution in [1.29, 1.82) is 0 Å². The van der Waals surface area contributed by atoms with E-state index in [0.717, 1.165) is 0 Å². The van der Waals surface area contributed by atoms with Gasteiger partial charge in [-0.25, -0.2) is 5.84 Å². The molecule has 1 aromatic rings. The lowest BCUT2D eigenvalue weighted by Crippen LogP contribution is -2.29. The van der Waals surface area contributed by atoms with E-state index in [9.17, 15) is 9.70 Å². The minimum atomic E-state index is -0.523. The molecule has 1 amide bonds. The third kappa shape index (κ3) is 1.46. The molecule has 0 bridgehead atoms. The molecule has 5 heteroatoms. The van der Waals surface area contributed by atoms with Gasteiger partial charge in [-0.2, -0.15) is 0 Å². The van der Waals surface area contributed by atoms with Crippen molar-refractivity contribution in [2.75, 3.05) is 0 Å². The number of carbonyl (C=O) groups excluding carboxylic acids is 1. The van der Waals surface area contributed by atoms with Gasteiger partial charge in [-0.1, -0.05) is 12.1 Å². The van der Waals surface area contributed by atoms with Gasteiger partial charge in [0.2, 0.25) is 0 Å². The summed E-state index contributed by atoms with van der Waals surface area (Å²) in [6.07, 6.45) is 0. The zero-order valence-electron chi connectivity index (χ0n) is 6.15. The number of rotatable bonds is 2. The van der Waals surface area contributed by atoms with E-state index in [1.165, 1.54) is 12.1 Å². The molecule has 0 saturated carbocycles. The Kier molecular flexibility index (Phi) is 2.49. The molecule has 0 aliphatic rings. The van der Waals surface area contributed by atoms with Crippen LogP contribution < -0.4 is 11.3 Å². The number of carbonyl (C=O) groups is 1. The number of amides is 1. The van der Waals surface area contributed by atoms with Crippen LogP contribution in [0.3, 0.4) is 0 Å². The van der Waals surface area contributed by atoms with Gasteiger partial charge in [0, 0.05) is 0 Å². The van der Waals surface area contributed by atoms with Gasteiger partial charge < -0.3 is 0 Å². The highest BCUT2D eigenvalue weighted by Gasteiger charge is 2.08. The third-order valence-corrected chi connectivity index (χ3v) is 1.38. The average Bonchev–Trinajstić information content (AvgIpc) is 2.16. The lowest BCUT2D eigenvalue weighted by atomic mass is 10.2. The SMILES string of the molecule is NNC(=O)c1ccccc1N=O. The summed E-state index contributed by atoms with van der Waals surface area (Å²) in [6.45, 7) is 0. The number of nitrogens with zero attached hydrogens (tertiary/aromatic N) is 1. The van der Waals surface area contributed by atoms with Crippen molar-refractivity contribution in [1.82, 2.24) is 5.43 Å². The molecule has 12 heavy (non-hydrogen) atoms. The van der Waals surface area contributed by atoms with Crippen molar-refractivity contribution >= 4 is 11.6 Å². The van der Waals surface area contributed by atoms with Crippen LogP contribution in [-0.2, 0) is 0 Å². The van der Waals surface area contributed by atoms with Crippen LogP contribution in [0.2, 0.25) is 0 Å². The Bertz CT molecular complexity index is 311. The van der Waals surface area contributed by atoms with Crippen LogP contribution >= 0.6 is 0 Å². The third-order valence-electron chi connectivity index (χ3n) is 1.38. The fourth-order valence-corrected chi connectivity index (χ4v) is 0.823. The number of hydrogen-bond donors (Lipinski definition) is 2. The molecule has 0 aliphatic heterocycles. The van der Waals surface area contributed by atoms with Crippen LogP contribution in [-0.4, -0.2) is 5.91 Å². The molecule has 0 aromatic heterocycles. The van der Waals surface area contributed by atoms with E-state index >= 15 is 0 Å². The number of hydrazine groups is 1. The van der Waals surface area contributed by atoms with E-state index in [0.29, 0.717) is 0 Å². The van der Waals surface area contributed by atoms with Crippen molar-refractivity contribution in [2.24, 2.45) is 11.0 Å². The Balaban J connectivity index is 3.13. The molecule has 0 saturated heterocycles. The minimum Gasteiger partial charge on any atom is -0.290 e. The molecular weight excluding hydrogens is 158 g/mol. The quantitative estimate of drug-likeness (QED) is 0.292. The Morgan fingerprint density at radius 1 is 1.42 bits per heavy atom. The van der Waals surface area contributed by atoms with Gasteiger partial charge in [-0.05, 0) is 17.3 Å². The van der Waals surface area contributed by atoms with E-state index in [1.807, 2.05) is 5.43 Å². The van der Waals surface area contributed by atoms with Crippen LogP contribution in [0, 0.1) is 4.91 Å². The molecule has 1 rings (SSSR count). The molecule has 0 unspecified atom stereocenters. The lowest BCUT2D eigenvalue weighted by molar-refractivity contribution is 0.0954. The van der Waals surface area contributed by atoms with Crippen molar-refractivity contribution in [3.8, 4) is 0 Å². The number of nitrogens with two attached hydrogens (primary N) is 1. The Morgan fingerprint density at radius 2 is 2.08 bits per heavy atom. The van der Waals surface area contributed by atoms with Crippen molar-refractivity contribution in [2.45, 2.75) is 0 Å². The first-order valence-electron chi connectivity index (χ1n) is 3.23. The molecule has 0 fully saturated rings. The molecule has 1 aromatic carbocycles. The maximum atomic E-state index is 11.0. The predicted molar refractivity (Wildman–Crippen MR) is 43.6 cm³/mol. The summed E-state index contributed by atoms with van der Waals surface area (Å²) in [5.74, 6) is 4.36. The highest BCUT2D eigenvalue weighted by molar-refractivity contribution is 5.98. The molecule has 5 nitrogen and oxygen atoms in total. The van der Waals surface area contributed by atoms with E-state index in [2.05, 4.69) is 5.18 Å². The summed E-state index contributed by atoms with van der Waals surface area (Å²) < 4.78 is 0. The number of nitroso groups, excluding NO2 is 1. The molecule has 62 valence electrons. The first-order valence-corrected chi connectivity index (χ1v) is 3.23. The van der Waals surface area contributed by atoms with Gasteiger partial charge in [0.25, 0.3) is 5.91 Å². The second kappa shape index (κ2) is 3.59. The smallest absolute Gasteiger partial charge is 0.267 e. The van der Waals surface area contributed by atoms with Gasteiger partial charge in [-0.15, -0.1) is 4.91 Å². The van der Waals surface area contributed by atoms with Crippen LogP contribution in [0.1, 0.15) is 10.4 Å². The van der Waals surface area contributed by atoms with Crippen LogP contribution in [0.5, 0.6) is 0 Å². The summed E-state index contributed by atoms with van der Waals surface area (Å²) in [4.78, 5) is 21.1. The summed E-state index contributed by atoms with van der Waals surface area (Å²) in [7, 11) is 0. The fourth-order valence-electron chi connectivity index (χ4n) is 0.823. The topological polar surface area (TPSA) is 84.5 Å². The first kappa shape index (κ1) is 8.35. The van der Waals surface area contributed by atoms with Crippen molar-refractivity contribution < 1.29 is 4.79 Å². The zero-order valence-corrected chi connectivity index (χ0v) is 6.15. The van der Waals surface area contributed by atoms with Gasteiger partial charge >= 0.3 is 0 Å². The van der Waals surface area contributed by atoms with Gasteiger partial charge in [0.05, 0.1) is 5.56 Å². The largest absolute Gasteiger partial charge is 0.290 e. The highest BCUT2D eigenvalue weighted by atomic mass is 16.3. The summed E-state index contributed by atoms with van der Waals surface area (Å²) in [5.41, 5.74) is 2.18. The standard InChI is InChI=1S/C7H7N3O2/c8-9-7(11)5-3-1-2-4-6(5)10-12/h1-4H,8H2,(H,9,11). The van der Waals surface area contributed by atoms with E-state index in [1.54, 1.807) is 12.1 Å². The second-order valence-corrected chi connectivity index (χ2v) is 2.08. The number of nitrogens with one attached hydrogen (secondary N) is 1. The monoisotopic (exact) mass is 165 g/mol. The summed E-state index contributed by atoms with van der Waals surface area (Å²) in [5, 5.41) is 2.67. The van der Waals surface area contributed by atoms with Gasteiger partial charge in [0.1, 0.15) is 5.69 Å². The first-order chi connectivity index (χ1) is 5.79. The molecule has 0 radical (unpaired) electrons. The number of hydrogen-bond acceptors (Lipinski definition) is 4. The molecule has 0 aliphatic carbocycles. The summed E-state index contributed by atoms with van der Waals surface area (Å²) in [6, 6.07) is 6.15. The van der Waals surface area contributed by atoms with Crippen molar-refractivity contribution in [3.63, 3.8) is 0 Å². The minimum absolute atomic E-state index is 0.0838. The Labute approximate surface area is 68.5 Å². The van der Waals surface area contributed by atoms with E-state index in [4.69, 9.17) is 5.84 Å². The van der Waals surface area contributed by atoms with E-state index in [-0.39, 0.29) is 11.3 Å². The van der Waals surface area contributed by atoms with E-state index < -0.39 is 5.91 Å². The molecule has 0 spiro atoms. The molecule has 0 heterocycles. The normalized spacial score (nSPS) is 9.08. The van der Waals surface area contributed by atoms with Crippen LogP contribution in [0.15, 0.2) is 29.4 Å². The second-order valence-electron chi connectivity index (χ2n) is 2.08. The van der Waals surface area contributed by atoms with Gasteiger partial charge in [0.15, 0.2) is 0 Å². The predicted octanol–water partition coefficient (Wildman–Crippen LogP) is 0.688. The molecular formula is C7H7N3O2. The lowest BCUT2D eigenvalue weighted by Gasteiger charge is -1.99. The maximum Gasteiger partial charge on any atom is 0.267 e. The van der Waals surface area contributed by atoms with Crippen LogP contribution in [0.4, 0.5) is 5.69 Å². The highest BCUT2D eigenvalue weighted by Crippen LogP contribution is 2.17. The van der Waals surface area contributed by atoms with Crippen molar-refractivity contribution in [3.05, 3.63) is 34.7 Å². The maximum absolute atomic E-state index is 11.0. The fraction of sp³-hybridized carbons (Fsp3) is 0. The average molecular weight is 165 g/mol. The number of benzene rings is 1. The van der Waals surface area contributed by atoms with Crippen LogP contribution in [0.25, 0.3) is 0 Å². The molecule has 0 atom stereocenters. The van der Waals surface area contributed by atoms with Gasteiger partial charge in [-0.3, -0.25) is 10.2 Å². The Morgan fingerprint density at radius 3 is 2.67 bits per heavy atom. The summed E-state index contributed by atoms with van der Waals surface area (Å²) >= 11 is 0.